The van der Waals surface area contributed by atoms with Gasteiger partial charge >= 0.3 is 0 Å². The fraction of sp³-hybridized carbons (Fsp3) is 0.944. The fourth-order valence-corrected chi connectivity index (χ4v) is 4.26. The zero-order valence-corrected chi connectivity index (χ0v) is 15.7. The molecule has 136 valence electrons. The minimum absolute atomic E-state index is 0.362. The molecule has 1 aromatic rings. The van der Waals surface area contributed by atoms with Crippen LogP contribution in [0.15, 0.2) is 0 Å². The van der Waals surface area contributed by atoms with Crippen molar-refractivity contribution in [3.63, 3.8) is 0 Å². The number of nitrogens with zero attached hydrogens (tertiary/aromatic N) is 6. The predicted octanol–water partition coefficient (Wildman–Crippen LogP) is 2.90. The molecule has 1 aromatic heterocycles. The molecule has 2 fully saturated rings. The second-order valence-electron chi connectivity index (χ2n) is 7.89. The first-order chi connectivity index (χ1) is 11.7. The normalized spacial score (nSPS) is 23.0. The van der Waals surface area contributed by atoms with Gasteiger partial charge in [-0.05, 0) is 42.2 Å². The van der Waals surface area contributed by atoms with Gasteiger partial charge in [0.2, 0.25) is 0 Å². The summed E-state index contributed by atoms with van der Waals surface area (Å²) in [6.07, 6.45) is 7.59. The van der Waals surface area contributed by atoms with Gasteiger partial charge in [-0.25, -0.2) is 4.68 Å². The minimum Gasteiger partial charge on any atom is -0.301 e. The van der Waals surface area contributed by atoms with Crippen molar-refractivity contribution >= 4 is 0 Å². The molecule has 1 aliphatic carbocycles. The molecule has 0 unspecified atom stereocenters. The summed E-state index contributed by atoms with van der Waals surface area (Å²) in [6.45, 7) is 12.6. The van der Waals surface area contributed by atoms with Gasteiger partial charge in [0.1, 0.15) is 0 Å². The minimum atomic E-state index is 0.362. The molecule has 6 nitrogen and oxygen atoms in total. The van der Waals surface area contributed by atoms with E-state index in [1.165, 1.54) is 32.1 Å². The van der Waals surface area contributed by atoms with Gasteiger partial charge in [0.25, 0.3) is 0 Å². The number of rotatable bonds is 6. The van der Waals surface area contributed by atoms with Crippen molar-refractivity contribution in [3.05, 3.63) is 5.82 Å². The quantitative estimate of drug-likeness (QED) is 0.800. The van der Waals surface area contributed by atoms with Crippen LogP contribution < -0.4 is 0 Å². The van der Waals surface area contributed by atoms with E-state index < -0.39 is 0 Å². The maximum absolute atomic E-state index is 4.51. The van der Waals surface area contributed by atoms with Crippen LogP contribution in [0.25, 0.3) is 0 Å². The summed E-state index contributed by atoms with van der Waals surface area (Å²) in [5.74, 6) is 1.76. The van der Waals surface area contributed by atoms with Gasteiger partial charge in [-0.3, -0.25) is 4.90 Å². The van der Waals surface area contributed by atoms with E-state index in [9.17, 15) is 0 Å². The standard InChI is InChI=1S/C18H34N6/c1-4-22-10-12-23(13-11-22)17(14-15(2)3)18-19-20-21-24(18)16-8-6-5-7-9-16/h15-17H,4-14H2,1-3H3/t17-/m1/s1. The van der Waals surface area contributed by atoms with E-state index >= 15 is 0 Å². The molecule has 0 spiro atoms. The average molecular weight is 335 g/mol. The molecule has 0 bridgehead atoms. The van der Waals surface area contributed by atoms with Crippen LogP contribution in [-0.2, 0) is 0 Å². The third-order valence-electron chi connectivity index (χ3n) is 5.73. The van der Waals surface area contributed by atoms with Crippen LogP contribution in [0.4, 0.5) is 0 Å². The lowest BCUT2D eigenvalue weighted by Gasteiger charge is -2.39. The Morgan fingerprint density at radius 2 is 1.75 bits per heavy atom. The Morgan fingerprint density at radius 3 is 2.38 bits per heavy atom. The zero-order chi connectivity index (χ0) is 16.9. The van der Waals surface area contributed by atoms with E-state index in [4.69, 9.17) is 0 Å². The van der Waals surface area contributed by atoms with Crippen molar-refractivity contribution in [3.8, 4) is 0 Å². The molecule has 6 heteroatoms. The van der Waals surface area contributed by atoms with Crippen molar-refractivity contribution in [1.82, 2.24) is 30.0 Å². The van der Waals surface area contributed by atoms with Crippen LogP contribution in [0, 0.1) is 5.92 Å². The highest BCUT2D eigenvalue weighted by Crippen LogP contribution is 2.33. The van der Waals surface area contributed by atoms with E-state index in [2.05, 4.69) is 50.8 Å². The van der Waals surface area contributed by atoms with Crippen molar-refractivity contribution in [2.24, 2.45) is 5.92 Å². The van der Waals surface area contributed by atoms with Crippen molar-refractivity contribution in [2.45, 2.75) is 71.4 Å². The SMILES string of the molecule is CCN1CCN([C@H](CC(C)C)c2nnnn2C2CCCCC2)CC1. The molecule has 1 atom stereocenters. The van der Waals surface area contributed by atoms with Gasteiger partial charge in [0.05, 0.1) is 12.1 Å². The van der Waals surface area contributed by atoms with E-state index in [0.717, 1.165) is 45.0 Å². The summed E-state index contributed by atoms with van der Waals surface area (Å²) in [5, 5.41) is 13.0. The first-order valence-corrected chi connectivity index (χ1v) is 9.93. The van der Waals surface area contributed by atoms with Gasteiger partial charge in [-0.2, -0.15) is 0 Å². The number of hydrogen-bond acceptors (Lipinski definition) is 5. The maximum Gasteiger partial charge on any atom is 0.168 e. The molecular weight excluding hydrogens is 300 g/mol. The predicted molar refractivity (Wildman–Crippen MR) is 95.8 cm³/mol. The van der Waals surface area contributed by atoms with E-state index in [-0.39, 0.29) is 0 Å². The van der Waals surface area contributed by atoms with Crippen LogP contribution in [0.5, 0.6) is 0 Å². The third kappa shape index (κ3) is 4.14. The summed E-state index contributed by atoms with van der Waals surface area (Å²) in [4.78, 5) is 5.16. The molecule has 2 heterocycles. The molecular formula is C18H34N6. The molecule has 1 saturated heterocycles. The molecule has 0 N–H and O–H groups in total. The summed E-state index contributed by atoms with van der Waals surface area (Å²) in [7, 11) is 0. The van der Waals surface area contributed by atoms with Crippen LogP contribution in [0.1, 0.15) is 77.2 Å². The van der Waals surface area contributed by atoms with Gasteiger partial charge in [0, 0.05) is 26.2 Å². The monoisotopic (exact) mass is 334 g/mol. The molecule has 2 aliphatic rings. The van der Waals surface area contributed by atoms with E-state index in [1.54, 1.807) is 0 Å². The Labute approximate surface area is 146 Å². The molecule has 0 amide bonds. The zero-order valence-electron chi connectivity index (χ0n) is 15.7. The summed E-state index contributed by atoms with van der Waals surface area (Å²) in [6, 6.07) is 0.872. The second-order valence-corrected chi connectivity index (χ2v) is 7.89. The van der Waals surface area contributed by atoms with Crippen LogP contribution >= 0.6 is 0 Å². The number of hydrogen-bond donors (Lipinski definition) is 0. The van der Waals surface area contributed by atoms with Crippen LogP contribution in [0.2, 0.25) is 0 Å². The Hall–Kier alpha value is -1.01. The Morgan fingerprint density at radius 1 is 1.04 bits per heavy atom. The van der Waals surface area contributed by atoms with E-state index in [1.807, 2.05) is 0 Å². The first kappa shape index (κ1) is 17.8. The molecule has 1 aliphatic heterocycles. The summed E-state index contributed by atoms with van der Waals surface area (Å²) < 4.78 is 2.18. The largest absolute Gasteiger partial charge is 0.301 e. The van der Waals surface area contributed by atoms with Crippen LogP contribution in [-0.4, -0.2) is 62.7 Å². The van der Waals surface area contributed by atoms with Crippen molar-refractivity contribution in [2.75, 3.05) is 32.7 Å². The lowest BCUT2D eigenvalue weighted by Crippen LogP contribution is -2.48. The van der Waals surface area contributed by atoms with Crippen LogP contribution in [0.3, 0.4) is 0 Å². The van der Waals surface area contributed by atoms with Gasteiger partial charge < -0.3 is 4.90 Å². The lowest BCUT2D eigenvalue weighted by molar-refractivity contribution is 0.0815. The molecule has 3 rings (SSSR count). The first-order valence-electron chi connectivity index (χ1n) is 9.93. The Bertz CT molecular complexity index is 485. The fourth-order valence-electron chi connectivity index (χ4n) is 4.26. The topological polar surface area (TPSA) is 50.1 Å². The Kier molecular flexibility index (Phi) is 6.22. The second kappa shape index (κ2) is 8.39. The highest BCUT2D eigenvalue weighted by Gasteiger charge is 2.31. The molecule has 1 saturated carbocycles. The number of aromatic nitrogens is 4. The highest BCUT2D eigenvalue weighted by molar-refractivity contribution is 4.97. The summed E-state index contributed by atoms with van der Waals surface area (Å²) >= 11 is 0. The Balaban J connectivity index is 1.77. The van der Waals surface area contributed by atoms with Gasteiger partial charge in [-0.1, -0.05) is 40.0 Å². The van der Waals surface area contributed by atoms with Gasteiger partial charge in [0.15, 0.2) is 5.82 Å². The smallest absolute Gasteiger partial charge is 0.168 e. The molecule has 0 aromatic carbocycles. The van der Waals surface area contributed by atoms with Gasteiger partial charge in [-0.15, -0.1) is 5.10 Å². The molecule has 24 heavy (non-hydrogen) atoms. The lowest BCUT2D eigenvalue weighted by atomic mass is 9.94. The average Bonchev–Trinajstić information content (AvgIpc) is 3.10. The maximum atomic E-state index is 4.51. The number of piperazine rings is 1. The summed E-state index contributed by atoms with van der Waals surface area (Å²) in [5.41, 5.74) is 0. The highest BCUT2D eigenvalue weighted by atomic mass is 15.6. The van der Waals surface area contributed by atoms with Crippen molar-refractivity contribution in [1.29, 1.82) is 0 Å². The van der Waals surface area contributed by atoms with Crippen molar-refractivity contribution < 1.29 is 0 Å². The number of tetrazole rings is 1. The van der Waals surface area contributed by atoms with E-state index in [0.29, 0.717) is 18.0 Å². The third-order valence-corrected chi connectivity index (χ3v) is 5.73. The number of likely N-dealkylation sites (N-methyl/N-ethyl adjacent to an activating group) is 1. The molecule has 0 radical (unpaired) electrons.